The third kappa shape index (κ3) is 4.66. The van der Waals surface area contributed by atoms with Gasteiger partial charge in [0.1, 0.15) is 17.4 Å². The maximum Gasteiger partial charge on any atom is 0.274 e. The van der Waals surface area contributed by atoms with Crippen molar-refractivity contribution in [2.75, 3.05) is 19.7 Å². The Bertz CT molecular complexity index is 1310. The van der Waals surface area contributed by atoms with Gasteiger partial charge in [0.2, 0.25) is 0 Å². The van der Waals surface area contributed by atoms with E-state index in [2.05, 4.69) is 48.3 Å². The average Bonchev–Trinajstić information content (AvgIpc) is 3.23. The highest BCUT2D eigenvalue weighted by Crippen LogP contribution is 2.24. The summed E-state index contributed by atoms with van der Waals surface area (Å²) in [6, 6.07) is 16.8. The number of carbonyl (C=O) groups is 1. The summed E-state index contributed by atoms with van der Waals surface area (Å²) in [4.78, 5) is 24.3. The van der Waals surface area contributed by atoms with Gasteiger partial charge in [0.05, 0.1) is 18.8 Å². The van der Waals surface area contributed by atoms with Crippen LogP contribution < -0.4 is 0 Å². The third-order valence-corrected chi connectivity index (χ3v) is 6.08. The van der Waals surface area contributed by atoms with E-state index >= 15 is 0 Å². The Kier molecular flexibility index (Phi) is 5.68. The fraction of sp³-hybridized carbons (Fsp3) is 0.296. The lowest BCUT2D eigenvalue weighted by molar-refractivity contribution is -0.0249. The summed E-state index contributed by atoms with van der Waals surface area (Å²) in [5.41, 5.74) is 7.90. The van der Waals surface area contributed by atoms with Crippen LogP contribution in [-0.4, -0.2) is 44.9 Å². The summed E-state index contributed by atoms with van der Waals surface area (Å²) in [5, 5.41) is 0. The maximum atomic E-state index is 13.2. The summed E-state index contributed by atoms with van der Waals surface area (Å²) in [7, 11) is 0. The number of rotatable bonds is 4. The van der Waals surface area contributed by atoms with Gasteiger partial charge in [-0.2, -0.15) is 0 Å². The SMILES string of the molecule is Cc1ccc(Cc2cc(C)nc([C@@H]3CN(C(=O)c4cn5ccc(C)cc5n4)CCO3)c2)cc1. The van der Waals surface area contributed by atoms with Gasteiger partial charge >= 0.3 is 0 Å². The summed E-state index contributed by atoms with van der Waals surface area (Å²) < 4.78 is 7.94. The summed E-state index contributed by atoms with van der Waals surface area (Å²) >= 11 is 0. The summed E-state index contributed by atoms with van der Waals surface area (Å²) in [6.07, 6.45) is 4.32. The van der Waals surface area contributed by atoms with Crippen LogP contribution in [0, 0.1) is 20.8 Å². The molecule has 0 bridgehead atoms. The molecule has 1 atom stereocenters. The molecule has 1 aromatic carbocycles. The zero-order valence-corrected chi connectivity index (χ0v) is 19.3. The minimum atomic E-state index is -0.251. The van der Waals surface area contributed by atoms with Crippen molar-refractivity contribution in [3.05, 3.63) is 100 Å². The van der Waals surface area contributed by atoms with E-state index in [0.29, 0.717) is 25.4 Å². The molecule has 3 aromatic heterocycles. The molecule has 0 aliphatic carbocycles. The molecular formula is C27H28N4O2. The first kappa shape index (κ1) is 21.3. The molecule has 6 nitrogen and oxygen atoms in total. The molecule has 1 fully saturated rings. The number of hydrogen-bond donors (Lipinski definition) is 0. The van der Waals surface area contributed by atoms with E-state index in [1.807, 2.05) is 41.5 Å². The predicted molar refractivity (Wildman–Crippen MR) is 127 cm³/mol. The number of nitrogens with zero attached hydrogens (tertiary/aromatic N) is 4. The molecule has 1 amide bonds. The number of aryl methyl sites for hydroxylation is 3. The Morgan fingerprint density at radius 1 is 1.00 bits per heavy atom. The predicted octanol–water partition coefficient (Wildman–Crippen LogP) is 4.46. The number of amides is 1. The molecule has 0 unspecified atom stereocenters. The number of aromatic nitrogens is 3. The van der Waals surface area contributed by atoms with Crippen LogP contribution in [0.5, 0.6) is 0 Å². The van der Waals surface area contributed by atoms with Crippen LogP contribution in [0.25, 0.3) is 5.65 Å². The molecule has 0 saturated carbocycles. The van der Waals surface area contributed by atoms with Crippen LogP contribution in [0.15, 0.2) is 60.9 Å². The molecule has 0 spiro atoms. The molecule has 0 radical (unpaired) electrons. The molecule has 33 heavy (non-hydrogen) atoms. The van der Waals surface area contributed by atoms with Crippen molar-refractivity contribution in [1.82, 2.24) is 19.3 Å². The number of fused-ring (bicyclic) bond motifs is 1. The number of benzene rings is 1. The maximum absolute atomic E-state index is 13.2. The van der Waals surface area contributed by atoms with E-state index < -0.39 is 0 Å². The van der Waals surface area contributed by atoms with Gasteiger partial charge in [-0.05, 0) is 68.1 Å². The average molecular weight is 441 g/mol. The first-order chi connectivity index (χ1) is 15.9. The van der Waals surface area contributed by atoms with Crippen molar-refractivity contribution in [1.29, 1.82) is 0 Å². The first-order valence-electron chi connectivity index (χ1n) is 11.3. The van der Waals surface area contributed by atoms with E-state index in [4.69, 9.17) is 9.72 Å². The Balaban J connectivity index is 1.35. The number of morpholine rings is 1. The van der Waals surface area contributed by atoms with Crippen molar-refractivity contribution in [2.45, 2.75) is 33.3 Å². The molecule has 1 saturated heterocycles. The van der Waals surface area contributed by atoms with Crippen LogP contribution >= 0.6 is 0 Å². The van der Waals surface area contributed by atoms with Gasteiger partial charge in [0.15, 0.2) is 0 Å². The molecule has 4 heterocycles. The number of ether oxygens (including phenoxy) is 1. The molecule has 4 aromatic rings. The molecule has 1 aliphatic rings. The number of imidazole rings is 1. The highest BCUT2D eigenvalue weighted by molar-refractivity contribution is 5.93. The number of carbonyl (C=O) groups excluding carboxylic acids is 1. The van der Waals surface area contributed by atoms with Crippen LogP contribution in [0.3, 0.4) is 0 Å². The van der Waals surface area contributed by atoms with E-state index in [1.165, 1.54) is 16.7 Å². The molecule has 6 heteroatoms. The topological polar surface area (TPSA) is 59.7 Å². The van der Waals surface area contributed by atoms with Crippen molar-refractivity contribution in [3.63, 3.8) is 0 Å². The van der Waals surface area contributed by atoms with Crippen LogP contribution in [0.2, 0.25) is 0 Å². The fourth-order valence-corrected chi connectivity index (χ4v) is 4.34. The fourth-order valence-electron chi connectivity index (χ4n) is 4.34. The van der Waals surface area contributed by atoms with Crippen molar-refractivity contribution >= 4 is 11.6 Å². The minimum Gasteiger partial charge on any atom is -0.368 e. The minimum absolute atomic E-state index is 0.0721. The largest absolute Gasteiger partial charge is 0.368 e. The van der Waals surface area contributed by atoms with E-state index in [0.717, 1.165) is 29.0 Å². The van der Waals surface area contributed by atoms with Gasteiger partial charge in [0, 0.05) is 24.6 Å². The molecule has 5 rings (SSSR count). The van der Waals surface area contributed by atoms with Crippen LogP contribution in [-0.2, 0) is 11.2 Å². The quantitative estimate of drug-likeness (QED) is 0.470. The Hall–Kier alpha value is -3.51. The second kappa shape index (κ2) is 8.79. The molecular weight excluding hydrogens is 412 g/mol. The van der Waals surface area contributed by atoms with Gasteiger partial charge in [-0.1, -0.05) is 29.8 Å². The summed E-state index contributed by atoms with van der Waals surface area (Å²) in [5.74, 6) is -0.0721. The monoisotopic (exact) mass is 440 g/mol. The van der Waals surface area contributed by atoms with Gasteiger partial charge in [0.25, 0.3) is 5.91 Å². The van der Waals surface area contributed by atoms with Gasteiger partial charge in [-0.15, -0.1) is 0 Å². The lowest BCUT2D eigenvalue weighted by Gasteiger charge is -2.32. The van der Waals surface area contributed by atoms with Crippen molar-refractivity contribution in [2.24, 2.45) is 0 Å². The number of pyridine rings is 2. The number of hydrogen-bond acceptors (Lipinski definition) is 4. The normalized spacial score (nSPS) is 16.3. The van der Waals surface area contributed by atoms with E-state index in [9.17, 15) is 4.79 Å². The Morgan fingerprint density at radius 2 is 1.82 bits per heavy atom. The van der Waals surface area contributed by atoms with Crippen molar-refractivity contribution < 1.29 is 9.53 Å². The van der Waals surface area contributed by atoms with Gasteiger partial charge in [-0.25, -0.2) is 4.98 Å². The van der Waals surface area contributed by atoms with Crippen LogP contribution in [0.1, 0.15) is 50.2 Å². The zero-order chi connectivity index (χ0) is 22.9. The van der Waals surface area contributed by atoms with Gasteiger partial charge < -0.3 is 14.0 Å². The Morgan fingerprint density at radius 3 is 2.64 bits per heavy atom. The highest BCUT2D eigenvalue weighted by Gasteiger charge is 2.28. The van der Waals surface area contributed by atoms with E-state index in [1.54, 1.807) is 6.20 Å². The van der Waals surface area contributed by atoms with Crippen LogP contribution in [0.4, 0.5) is 0 Å². The lowest BCUT2D eigenvalue weighted by atomic mass is 10.0. The third-order valence-electron chi connectivity index (χ3n) is 6.08. The second-order valence-electron chi connectivity index (χ2n) is 8.91. The molecule has 0 N–H and O–H groups in total. The zero-order valence-electron chi connectivity index (χ0n) is 19.3. The molecule has 1 aliphatic heterocycles. The first-order valence-corrected chi connectivity index (χ1v) is 11.3. The summed E-state index contributed by atoms with van der Waals surface area (Å²) in [6.45, 7) is 7.61. The van der Waals surface area contributed by atoms with Gasteiger partial charge in [-0.3, -0.25) is 9.78 Å². The lowest BCUT2D eigenvalue weighted by Crippen LogP contribution is -2.42. The standard InChI is InChI=1S/C27H28N4O2/c1-18-4-6-21(7-5-18)14-22-13-20(3)28-23(15-22)25-17-31(10-11-33-25)27(32)24-16-30-9-8-19(2)12-26(30)29-24/h4-9,12-13,15-16,25H,10-11,14,17H2,1-3H3/t25-/m0/s1. The smallest absolute Gasteiger partial charge is 0.274 e. The molecule has 168 valence electrons. The highest BCUT2D eigenvalue weighted by atomic mass is 16.5. The van der Waals surface area contributed by atoms with E-state index in [-0.39, 0.29) is 12.0 Å². The Labute approximate surface area is 193 Å². The second-order valence-corrected chi connectivity index (χ2v) is 8.91. The van der Waals surface area contributed by atoms with Crippen molar-refractivity contribution in [3.8, 4) is 0 Å².